The van der Waals surface area contributed by atoms with Crippen LogP contribution in [0.4, 0.5) is 4.39 Å². The van der Waals surface area contributed by atoms with Crippen molar-refractivity contribution in [3.63, 3.8) is 0 Å². The molecule has 2 heterocycles. The van der Waals surface area contributed by atoms with Gasteiger partial charge in [0.05, 0.1) is 18.2 Å². The maximum atomic E-state index is 13.3. The molecule has 0 saturated carbocycles. The molecule has 2 fully saturated rings. The maximum absolute atomic E-state index is 13.3. The van der Waals surface area contributed by atoms with Crippen molar-refractivity contribution in [1.29, 1.82) is 0 Å². The molecule has 7 heteroatoms. The average molecular weight is 346 g/mol. The summed E-state index contributed by atoms with van der Waals surface area (Å²) in [5.41, 5.74) is -0.524. The van der Waals surface area contributed by atoms with Gasteiger partial charge in [0.2, 0.25) is 0 Å². The molecule has 0 bridgehead atoms. The second-order valence-electron chi connectivity index (χ2n) is 5.62. The topological polar surface area (TPSA) is 49.8 Å². The van der Waals surface area contributed by atoms with Gasteiger partial charge in [-0.2, -0.15) is 11.8 Å². The summed E-state index contributed by atoms with van der Waals surface area (Å²) < 4.78 is 18.9. The van der Waals surface area contributed by atoms with Crippen LogP contribution < -0.4 is 0 Å². The molecule has 2 aliphatic rings. The molecule has 0 radical (unpaired) electrons. The van der Waals surface area contributed by atoms with E-state index in [2.05, 4.69) is 0 Å². The zero-order chi connectivity index (χ0) is 15.7. The van der Waals surface area contributed by atoms with Gasteiger partial charge in [-0.3, -0.25) is 4.79 Å². The molecule has 120 valence electrons. The van der Waals surface area contributed by atoms with Crippen molar-refractivity contribution in [3.8, 4) is 0 Å². The number of halogens is 2. The largest absolute Gasteiger partial charge is 0.379 e. The Hall–Kier alpha value is -0.820. The third-order valence-electron chi connectivity index (χ3n) is 4.07. The van der Waals surface area contributed by atoms with Crippen LogP contribution in [-0.4, -0.2) is 52.7 Å². The van der Waals surface area contributed by atoms with E-state index in [1.165, 1.54) is 12.1 Å². The third kappa shape index (κ3) is 3.11. The molecule has 2 saturated heterocycles. The first-order valence-electron chi connectivity index (χ1n) is 7.16. The fourth-order valence-electron chi connectivity index (χ4n) is 2.77. The van der Waals surface area contributed by atoms with Gasteiger partial charge in [0.15, 0.2) is 5.60 Å². The minimum absolute atomic E-state index is 0.0374. The number of morpholine rings is 1. The van der Waals surface area contributed by atoms with Gasteiger partial charge in [-0.25, -0.2) is 4.39 Å². The van der Waals surface area contributed by atoms with Gasteiger partial charge in [-0.05, 0) is 29.9 Å². The van der Waals surface area contributed by atoms with Crippen molar-refractivity contribution in [2.24, 2.45) is 0 Å². The molecular weight excluding hydrogens is 329 g/mol. The molecule has 0 unspecified atom stereocenters. The lowest BCUT2D eigenvalue weighted by Crippen LogP contribution is -2.53. The second-order valence-corrected chi connectivity index (χ2v) is 7.13. The monoisotopic (exact) mass is 345 g/mol. The first-order valence-corrected chi connectivity index (χ1v) is 8.69. The van der Waals surface area contributed by atoms with Crippen molar-refractivity contribution in [2.45, 2.75) is 18.1 Å². The Balaban J connectivity index is 1.73. The second kappa shape index (κ2) is 6.35. The lowest BCUT2D eigenvalue weighted by Gasteiger charge is -2.36. The van der Waals surface area contributed by atoms with E-state index in [0.717, 1.165) is 11.3 Å². The van der Waals surface area contributed by atoms with Gasteiger partial charge in [0.1, 0.15) is 11.9 Å². The van der Waals surface area contributed by atoms with Crippen LogP contribution in [-0.2, 0) is 9.53 Å². The highest BCUT2D eigenvalue weighted by molar-refractivity contribution is 7.99. The van der Waals surface area contributed by atoms with E-state index in [9.17, 15) is 14.3 Å². The van der Waals surface area contributed by atoms with Crippen molar-refractivity contribution in [1.82, 2.24) is 4.90 Å². The highest BCUT2D eigenvalue weighted by Crippen LogP contribution is 2.32. The van der Waals surface area contributed by atoms with Gasteiger partial charge in [-0.15, -0.1) is 0 Å². The summed E-state index contributed by atoms with van der Waals surface area (Å²) in [5, 5.41) is 10.5. The van der Waals surface area contributed by atoms with Crippen LogP contribution in [0.25, 0.3) is 0 Å². The van der Waals surface area contributed by atoms with E-state index in [1.54, 1.807) is 22.7 Å². The van der Waals surface area contributed by atoms with Crippen molar-refractivity contribution in [3.05, 3.63) is 34.6 Å². The number of benzene rings is 1. The molecule has 1 aromatic rings. The highest BCUT2D eigenvalue weighted by atomic mass is 35.5. The summed E-state index contributed by atoms with van der Waals surface area (Å²) in [6, 6.07) is 4.43. The number of nitrogens with zero attached hydrogens (tertiary/aromatic N) is 1. The van der Waals surface area contributed by atoms with Crippen LogP contribution in [0, 0.1) is 5.82 Å². The van der Waals surface area contributed by atoms with Crippen molar-refractivity contribution < 1.29 is 19.0 Å². The lowest BCUT2D eigenvalue weighted by molar-refractivity contribution is -0.156. The predicted molar refractivity (Wildman–Crippen MR) is 83.6 cm³/mol. The number of carbonyl (C=O) groups is 1. The van der Waals surface area contributed by atoms with Gasteiger partial charge in [-0.1, -0.05) is 17.7 Å². The average Bonchev–Trinajstić information content (AvgIpc) is 2.97. The standard InChI is InChI=1S/C15H17ClFNO3S/c16-11-7-10(1-2-12(11)17)13-8-18(4-5-21-13)14(19)15(20)3-6-22-9-15/h1-2,7,13,20H,3-6,8-9H2/t13-,15+/m1/s1. The summed E-state index contributed by atoms with van der Waals surface area (Å²) in [6.45, 7) is 1.18. The first-order chi connectivity index (χ1) is 10.5. The highest BCUT2D eigenvalue weighted by Gasteiger charge is 2.43. The predicted octanol–water partition coefficient (Wildman–Crippen LogP) is 2.25. The SMILES string of the molecule is O=C(N1CCO[C@@H](c2ccc(F)c(Cl)c2)C1)[C@]1(O)CCSC1. The van der Waals surface area contributed by atoms with Crippen LogP contribution in [0.1, 0.15) is 18.1 Å². The number of rotatable bonds is 2. The Morgan fingerprint density at radius 3 is 3.05 bits per heavy atom. The number of hydrogen-bond acceptors (Lipinski definition) is 4. The summed E-state index contributed by atoms with van der Waals surface area (Å²) in [6.07, 6.45) is 0.134. The van der Waals surface area contributed by atoms with Crippen LogP contribution >= 0.6 is 23.4 Å². The Labute approximate surface area is 137 Å². The number of thioether (sulfide) groups is 1. The summed E-state index contributed by atoms with van der Waals surface area (Å²) >= 11 is 7.39. The number of ether oxygens (including phenoxy) is 1. The Morgan fingerprint density at radius 1 is 1.55 bits per heavy atom. The van der Waals surface area contributed by atoms with Crippen LogP contribution in [0.2, 0.25) is 5.02 Å². The van der Waals surface area contributed by atoms with Crippen LogP contribution in [0.15, 0.2) is 18.2 Å². The van der Waals surface area contributed by atoms with E-state index in [0.29, 0.717) is 31.9 Å². The molecule has 22 heavy (non-hydrogen) atoms. The lowest BCUT2D eigenvalue weighted by atomic mass is 10.0. The number of carbonyl (C=O) groups excluding carboxylic acids is 1. The smallest absolute Gasteiger partial charge is 0.255 e. The minimum Gasteiger partial charge on any atom is -0.379 e. The van der Waals surface area contributed by atoms with Gasteiger partial charge >= 0.3 is 0 Å². The number of aliphatic hydroxyl groups is 1. The minimum atomic E-state index is -1.26. The number of amides is 1. The summed E-state index contributed by atoms with van der Waals surface area (Å²) in [4.78, 5) is 14.2. The molecule has 1 N–H and O–H groups in total. The molecule has 2 atom stereocenters. The van der Waals surface area contributed by atoms with E-state index >= 15 is 0 Å². The van der Waals surface area contributed by atoms with E-state index in [-0.39, 0.29) is 17.0 Å². The fraction of sp³-hybridized carbons (Fsp3) is 0.533. The van der Waals surface area contributed by atoms with Crippen LogP contribution in [0.3, 0.4) is 0 Å². The molecule has 4 nitrogen and oxygen atoms in total. The summed E-state index contributed by atoms with van der Waals surface area (Å²) in [5.74, 6) is 0.519. The normalized spacial score (nSPS) is 28.9. The van der Waals surface area contributed by atoms with Crippen LogP contribution in [0.5, 0.6) is 0 Å². The fourth-order valence-corrected chi connectivity index (χ4v) is 4.19. The van der Waals surface area contributed by atoms with E-state index in [1.807, 2.05) is 0 Å². The molecule has 0 spiro atoms. The number of hydrogen-bond donors (Lipinski definition) is 1. The Kier molecular flexibility index (Phi) is 4.64. The van der Waals surface area contributed by atoms with Gasteiger partial charge in [0, 0.05) is 12.3 Å². The van der Waals surface area contributed by atoms with Crippen molar-refractivity contribution in [2.75, 3.05) is 31.2 Å². The van der Waals surface area contributed by atoms with Gasteiger partial charge < -0.3 is 14.7 Å². The first kappa shape index (κ1) is 16.1. The molecule has 1 aromatic carbocycles. The molecule has 3 rings (SSSR count). The maximum Gasteiger partial charge on any atom is 0.255 e. The Morgan fingerprint density at radius 2 is 2.36 bits per heavy atom. The summed E-state index contributed by atoms with van der Waals surface area (Å²) in [7, 11) is 0. The van der Waals surface area contributed by atoms with Crippen molar-refractivity contribution >= 4 is 29.3 Å². The van der Waals surface area contributed by atoms with E-state index < -0.39 is 11.4 Å². The van der Waals surface area contributed by atoms with Gasteiger partial charge in [0.25, 0.3) is 5.91 Å². The zero-order valence-electron chi connectivity index (χ0n) is 11.9. The zero-order valence-corrected chi connectivity index (χ0v) is 13.5. The molecule has 1 amide bonds. The molecular formula is C15H17ClFNO3S. The quantitative estimate of drug-likeness (QED) is 0.893. The third-order valence-corrected chi connectivity index (χ3v) is 5.53. The van der Waals surface area contributed by atoms with E-state index in [4.69, 9.17) is 16.3 Å². The molecule has 0 aromatic heterocycles. The molecule has 2 aliphatic heterocycles. The Bertz CT molecular complexity index is 580. The molecule has 0 aliphatic carbocycles.